The van der Waals surface area contributed by atoms with Gasteiger partial charge in [0.25, 0.3) is 5.69 Å². The van der Waals surface area contributed by atoms with Crippen LogP contribution in [-0.2, 0) is 14.3 Å². The number of hydrogen-bond donors (Lipinski definition) is 1. The lowest BCUT2D eigenvalue weighted by molar-refractivity contribution is -0.385. The summed E-state index contributed by atoms with van der Waals surface area (Å²) in [4.78, 5) is 37.5. The van der Waals surface area contributed by atoms with Gasteiger partial charge in [-0.3, -0.25) is 19.7 Å². The molecule has 8 nitrogen and oxygen atoms in total. The average molecular weight is 344 g/mol. The van der Waals surface area contributed by atoms with E-state index in [9.17, 15) is 24.8 Å². The molecule has 1 N–H and O–H groups in total. The van der Waals surface area contributed by atoms with Gasteiger partial charge >= 0.3 is 0 Å². The summed E-state index contributed by atoms with van der Waals surface area (Å²) in [7, 11) is 0. The molecule has 0 unspecified atom stereocenters. The molecule has 0 saturated carbocycles. The summed E-state index contributed by atoms with van der Waals surface area (Å²) in [6, 6.07) is 4.26. The number of nitro benzene ring substituents is 1. The summed E-state index contributed by atoms with van der Waals surface area (Å²) >= 11 is 0. The molecular weight excluding hydrogens is 328 g/mol. The summed E-state index contributed by atoms with van der Waals surface area (Å²) in [5.41, 5.74) is -1.73. The van der Waals surface area contributed by atoms with Crippen LogP contribution in [0.15, 0.2) is 30.4 Å². The summed E-state index contributed by atoms with van der Waals surface area (Å²) in [6.45, 7) is 2.88. The molecular formula is C17H16N2O6. The number of hydrogen-bond acceptors (Lipinski definition) is 6. The van der Waals surface area contributed by atoms with E-state index in [4.69, 9.17) is 4.74 Å². The maximum Gasteiger partial charge on any atom is 0.274 e. The Labute approximate surface area is 142 Å². The number of nitro groups is 1. The van der Waals surface area contributed by atoms with Gasteiger partial charge in [0, 0.05) is 11.6 Å². The lowest BCUT2D eigenvalue weighted by Crippen LogP contribution is -2.43. The molecule has 1 aromatic carbocycles. The molecule has 3 aliphatic rings. The summed E-state index contributed by atoms with van der Waals surface area (Å²) < 4.78 is 5.83. The molecule has 3 aliphatic heterocycles. The van der Waals surface area contributed by atoms with Crippen molar-refractivity contribution in [1.82, 2.24) is 0 Å². The molecule has 1 aromatic rings. The third kappa shape index (κ3) is 1.83. The largest absolute Gasteiger partial charge is 0.393 e. The van der Waals surface area contributed by atoms with Crippen molar-refractivity contribution in [3.63, 3.8) is 0 Å². The fourth-order valence-electron chi connectivity index (χ4n) is 4.23. The van der Waals surface area contributed by atoms with Crippen molar-refractivity contribution in [2.75, 3.05) is 11.5 Å². The first-order valence-corrected chi connectivity index (χ1v) is 7.88. The van der Waals surface area contributed by atoms with E-state index in [0.29, 0.717) is 5.56 Å². The van der Waals surface area contributed by atoms with Gasteiger partial charge in [0.05, 0.1) is 34.7 Å². The Balaban J connectivity index is 1.81. The van der Waals surface area contributed by atoms with E-state index >= 15 is 0 Å². The van der Waals surface area contributed by atoms with Crippen molar-refractivity contribution in [1.29, 1.82) is 0 Å². The van der Waals surface area contributed by atoms with Crippen LogP contribution < -0.4 is 4.90 Å². The maximum absolute atomic E-state index is 13.0. The van der Waals surface area contributed by atoms with Gasteiger partial charge in [-0.05, 0) is 19.9 Å². The molecule has 3 heterocycles. The van der Waals surface area contributed by atoms with Crippen LogP contribution >= 0.6 is 0 Å². The van der Waals surface area contributed by atoms with Gasteiger partial charge in [0.15, 0.2) is 0 Å². The minimum absolute atomic E-state index is 0.157. The molecule has 0 aromatic heterocycles. The van der Waals surface area contributed by atoms with Crippen molar-refractivity contribution in [3.8, 4) is 0 Å². The van der Waals surface area contributed by atoms with Crippen molar-refractivity contribution in [2.45, 2.75) is 25.0 Å². The zero-order valence-electron chi connectivity index (χ0n) is 13.6. The monoisotopic (exact) mass is 344 g/mol. The van der Waals surface area contributed by atoms with Gasteiger partial charge in [-0.2, -0.15) is 0 Å². The highest BCUT2D eigenvalue weighted by molar-refractivity contribution is 6.23. The van der Waals surface area contributed by atoms with Crippen LogP contribution in [0.1, 0.15) is 12.5 Å². The smallest absolute Gasteiger partial charge is 0.274 e. The van der Waals surface area contributed by atoms with Crippen LogP contribution in [0.3, 0.4) is 0 Å². The number of ether oxygens (including phenoxy) is 1. The van der Waals surface area contributed by atoms with Crippen molar-refractivity contribution in [3.05, 3.63) is 46.0 Å². The minimum atomic E-state index is -1.21. The number of carbonyl (C=O) groups excluding carboxylic acids is 2. The number of anilines is 1. The van der Waals surface area contributed by atoms with Crippen LogP contribution in [0.25, 0.3) is 0 Å². The molecule has 4 rings (SSSR count). The molecule has 2 amide bonds. The Hall–Kier alpha value is -2.58. The van der Waals surface area contributed by atoms with Crippen LogP contribution in [-0.4, -0.2) is 39.7 Å². The summed E-state index contributed by atoms with van der Waals surface area (Å²) in [5.74, 6) is -2.55. The zero-order valence-corrected chi connectivity index (χ0v) is 13.6. The number of carbonyl (C=O) groups is 2. The van der Waals surface area contributed by atoms with Crippen LogP contribution in [0.4, 0.5) is 11.4 Å². The Bertz CT molecular complexity index is 865. The van der Waals surface area contributed by atoms with Crippen LogP contribution in [0, 0.1) is 28.9 Å². The Kier molecular flexibility index (Phi) is 3.02. The average Bonchev–Trinajstić information content (AvgIpc) is 3.14. The first-order valence-electron chi connectivity index (χ1n) is 7.88. The topological polar surface area (TPSA) is 110 Å². The molecule has 0 spiro atoms. The van der Waals surface area contributed by atoms with Crippen LogP contribution in [0.2, 0.25) is 0 Å². The second kappa shape index (κ2) is 4.74. The predicted molar refractivity (Wildman–Crippen MR) is 85.8 cm³/mol. The zero-order chi connectivity index (χ0) is 18.1. The number of aryl methyl sites for hydroxylation is 1. The lowest BCUT2D eigenvalue weighted by atomic mass is 9.73. The number of benzene rings is 1. The van der Waals surface area contributed by atoms with Gasteiger partial charge in [-0.1, -0.05) is 18.2 Å². The number of nitrogens with zero attached hydrogens (tertiary/aromatic N) is 2. The van der Waals surface area contributed by atoms with E-state index in [1.165, 1.54) is 18.2 Å². The maximum atomic E-state index is 13.0. The highest BCUT2D eigenvalue weighted by atomic mass is 16.6. The van der Waals surface area contributed by atoms with E-state index in [-0.39, 0.29) is 11.4 Å². The fraction of sp³-hybridized carbons (Fsp3) is 0.412. The molecule has 0 aliphatic carbocycles. The number of imide groups is 1. The number of aliphatic hydroxyl groups is 1. The van der Waals surface area contributed by atoms with Gasteiger partial charge in [-0.15, -0.1) is 0 Å². The highest BCUT2D eigenvalue weighted by Crippen LogP contribution is 2.57. The summed E-state index contributed by atoms with van der Waals surface area (Å²) in [5, 5.41) is 20.9. The van der Waals surface area contributed by atoms with Gasteiger partial charge in [0.1, 0.15) is 5.60 Å². The fourth-order valence-corrected chi connectivity index (χ4v) is 4.23. The molecule has 2 fully saturated rings. The second-order valence-electron chi connectivity index (χ2n) is 6.93. The quantitative estimate of drug-likeness (QED) is 0.380. The number of amides is 2. The number of aliphatic hydroxyl groups excluding tert-OH is 1. The van der Waals surface area contributed by atoms with E-state index in [1.807, 2.05) is 0 Å². The van der Waals surface area contributed by atoms with E-state index in [2.05, 4.69) is 0 Å². The van der Waals surface area contributed by atoms with Gasteiger partial charge in [-0.25, -0.2) is 4.90 Å². The first kappa shape index (κ1) is 15.9. The third-order valence-corrected chi connectivity index (χ3v) is 5.45. The standard InChI is InChI=1S/C17H16N2O6/c1-9-3-4-10(7-11(9)19(23)24)18-14(21)12-13(15(18)22)17(8-20)6-5-16(12,2)25-17/h3-7,12-13,20H,8H2,1-2H3/t12-,13+,16-,17+/m1/s1. The third-order valence-electron chi connectivity index (χ3n) is 5.45. The van der Waals surface area contributed by atoms with E-state index < -0.39 is 46.4 Å². The number of rotatable bonds is 3. The Morgan fingerprint density at radius 2 is 1.96 bits per heavy atom. The molecule has 2 saturated heterocycles. The summed E-state index contributed by atoms with van der Waals surface area (Å²) in [6.07, 6.45) is 3.34. The molecule has 130 valence electrons. The molecule has 25 heavy (non-hydrogen) atoms. The normalized spacial score (nSPS) is 35.6. The van der Waals surface area contributed by atoms with Gasteiger partial charge < -0.3 is 9.84 Å². The van der Waals surface area contributed by atoms with Crippen molar-refractivity contribution >= 4 is 23.2 Å². The van der Waals surface area contributed by atoms with E-state index in [0.717, 1.165) is 4.90 Å². The van der Waals surface area contributed by atoms with Gasteiger partial charge in [0.2, 0.25) is 11.8 Å². The molecule has 2 bridgehead atoms. The van der Waals surface area contributed by atoms with E-state index in [1.54, 1.807) is 26.0 Å². The highest BCUT2D eigenvalue weighted by Gasteiger charge is 2.72. The molecule has 4 atom stereocenters. The second-order valence-corrected chi connectivity index (χ2v) is 6.93. The minimum Gasteiger partial charge on any atom is -0.393 e. The Morgan fingerprint density at radius 1 is 1.28 bits per heavy atom. The van der Waals surface area contributed by atoms with Crippen LogP contribution in [0.5, 0.6) is 0 Å². The predicted octanol–water partition coefficient (Wildman–Crippen LogP) is 1.10. The van der Waals surface area contributed by atoms with Crippen molar-refractivity contribution in [2.24, 2.45) is 11.8 Å². The lowest BCUT2D eigenvalue weighted by Gasteiger charge is -2.26. The first-order chi connectivity index (χ1) is 11.7. The molecule has 8 heteroatoms. The molecule has 0 radical (unpaired) electrons. The SMILES string of the molecule is Cc1ccc(N2C(=O)[C@@H]3[C@H](C2=O)[C@@]2(C)C=C[C@@]3(CO)O2)cc1[N+](=O)[O-]. The van der Waals surface area contributed by atoms with Crippen molar-refractivity contribution < 1.29 is 24.4 Å². The number of fused-ring (bicyclic) bond motifs is 5. The Morgan fingerprint density at radius 3 is 2.60 bits per heavy atom.